The van der Waals surface area contributed by atoms with Gasteiger partial charge in [0.2, 0.25) is 17.6 Å². The van der Waals surface area contributed by atoms with Gasteiger partial charge < -0.3 is 32.1 Å². The lowest BCUT2D eigenvalue weighted by molar-refractivity contribution is -0.289. The topological polar surface area (TPSA) is 235 Å². The normalized spacial score (nSPS) is 28.8. The van der Waals surface area contributed by atoms with Crippen molar-refractivity contribution < 1.29 is 18.6 Å². The van der Waals surface area contributed by atoms with Crippen molar-refractivity contribution >= 4 is 28.2 Å². The molecule has 0 bridgehead atoms. The van der Waals surface area contributed by atoms with Crippen LogP contribution in [0.4, 0.5) is 11.6 Å². The summed E-state index contributed by atoms with van der Waals surface area (Å²) in [4.78, 5) is 0. The second kappa shape index (κ2) is 5.20. The number of nitrogens with two attached hydrogens (primary N) is 7. The van der Waals surface area contributed by atoms with Gasteiger partial charge in [0.05, 0.1) is 11.3 Å². The number of benzene rings is 1. The van der Waals surface area contributed by atoms with Crippen molar-refractivity contribution in [2.24, 2.45) is 28.7 Å². The van der Waals surface area contributed by atoms with Crippen molar-refractivity contribution in [1.29, 1.82) is 0 Å². The molecule has 12 heteroatoms. The fourth-order valence-corrected chi connectivity index (χ4v) is 3.53. The summed E-state index contributed by atoms with van der Waals surface area (Å²) in [5.41, 5.74) is 44.9. The fraction of sp³-hybridized carbons (Fsp3) is 0.375. The van der Waals surface area contributed by atoms with Crippen LogP contribution in [0.5, 0.6) is 5.75 Å². The van der Waals surface area contributed by atoms with Crippen molar-refractivity contribution in [1.82, 2.24) is 5.32 Å². The van der Waals surface area contributed by atoms with E-state index in [1.165, 1.54) is 7.05 Å². The molecule has 2 unspecified atom stereocenters. The number of rotatable bonds is 1. The molecule has 2 aliphatic rings. The summed E-state index contributed by atoms with van der Waals surface area (Å²) in [6.45, 7) is 3.64. The molecule has 1 spiro atoms. The second-order valence-corrected chi connectivity index (χ2v) is 7.01. The van der Waals surface area contributed by atoms with E-state index in [-0.39, 0.29) is 17.3 Å². The number of nitrogens with one attached hydrogen (secondary N) is 1. The van der Waals surface area contributed by atoms with E-state index in [0.29, 0.717) is 33.5 Å². The minimum absolute atomic E-state index is 0.0602. The van der Waals surface area contributed by atoms with Gasteiger partial charge in [-0.15, -0.1) is 0 Å². The van der Waals surface area contributed by atoms with Gasteiger partial charge in [0.25, 0.3) is 0 Å². The van der Waals surface area contributed by atoms with Crippen LogP contribution in [0.15, 0.2) is 10.1 Å². The van der Waals surface area contributed by atoms with Crippen LogP contribution in [0.1, 0.15) is 16.7 Å². The first-order valence-corrected chi connectivity index (χ1v) is 8.40. The Bertz CT molecular complexity index is 1060. The highest BCUT2D eigenvalue weighted by Gasteiger charge is 2.66. The third-order valence-corrected chi connectivity index (χ3v) is 5.38. The molecule has 2 atom stereocenters. The Balaban J connectivity index is 2.02. The molecule has 152 valence electrons. The number of fused-ring (bicyclic) bond motifs is 3. The molecule has 28 heavy (non-hydrogen) atoms. The summed E-state index contributed by atoms with van der Waals surface area (Å²) in [6, 6.07) is 0. The minimum Gasteiger partial charge on any atom is -0.438 e. The van der Waals surface area contributed by atoms with Gasteiger partial charge in [-0.1, -0.05) is 0 Å². The molecule has 0 radical (unpaired) electrons. The maximum Gasteiger partial charge on any atom is 0.379 e. The number of aryl methyl sites for hydroxylation is 1. The van der Waals surface area contributed by atoms with E-state index >= 15 is 0 Å². The monoisotopic (exact) mass is 392 g/mol. The Hall–Kier alpha value is -2.74. The molecule has 1 aromatic heterocycles. The van der Waals surface area contributed by atoms with Gasteiger partial charge in [0.1, 0.15) is 17.1 Å². The van der Waals surface area contributed by atoms with Crippen LogP contribution < -0.4 is 50.2 Å². The molecule has 2 aliphatic heterocycles. The van der Waals surface area contributed by atoms with E-state index in [0.717, 1.165) is 5.56 Å². The summed E-state index contributed by atoms with van der Waals surface area (Å²) in [5.74, 6) is -5.50. The Morgan fingerprint density at radius 3 is 2.14 bits per heavy atom. The standard InChI is InChI=1S/C16H24N8O4/c1-4-5(2)10-7(11-6(4)9(18)13(20)25-11)8(17)12(19)14(26-10)27-15(21,22)16(23,24-3)28-14/h24H,17-23H2,1-3H3. The molecule has 12 nitrogen and oxygen atoms in total. The molecular weight excluding hydrogens is 368 g/mol. The van der Waals surface area contributed by atoms with Gasteiger partial charge in [-0.3, -0.25) is 32.0 Å². The molecule has 2 aromatic rings. The Kier molecular flexibility index (Phi) is 3.45. The summed E-state index contributed by atoms with van der Waals surface area (Å²) < 4.78 is 23.1. The predicted molar refractivity (Wildman–Crippen MR) is 102 cm³/mol. The smallest absolute Gasteiger partial charge is 0.379 e. The number of hydrogen-bond donors (Lipinski definition) is 8. The van der Waals surface area contributed by atoms with Gasteiger partial charge in [-0.25, -0.2) is 0 Å². The zero-order chi connectivity index (χ0) is 20.8. The first-order valence-electron chi connectivity index (χ1n) is 8.40. The van der Waals surface area contributed by atoms with E-state index in [9.17, 15) is 0 Å². The van der Waals surface area contributed by atoms with Gasteiger partial charge in [0, 0.05) is 5.39 Å². The fourth-order valence-electron chi connectivity index (χ4n) is 3.53. The molecule has 0 amide bonds. The van der Waals surface area contributed by atoms with E-state index in [1.54, 1.807) is 6.92 Å². The molecule has 1 saturated heterocycles. The Morgan fingerprint density at radius 1 is 0.929 bits per heavy atom. The second-order valence-electron chi connectivity index (χ2n) is 7.01. The molecule has 4 rings (SSSR count). The van der Waals surface area contributed by atoms with Crippen molar-refractivity contribution in [3.63, 3.8) is 0 Å². The molecule has 3 heterocycles. The van der Waals surface area contributed by atoms with Crippen LogP contribution in [-0.2, 0) is 9.47 Å². The predicted octanol–water partition coefficient (Wildman–Crippen LogP) is -1.70. The van der Waals surface area contributed by atoms with Crippen LogP contribution in [0.3, 0.4) is 0 Å². The van der Waals surface area contributed by atoms with Crippen LogP contribution in [0.2, 0.25) is 0 Å². The Morgan fingerprint density at radius 2 is 1.57 bits per heavy atom. The average molecular weight is 392 g/mol. The summed E-state index contributed by atoms with van der Waals surface area (Å²) in [5, 5.41) is 3.28. The summed E-state index contributed by atoms with van der Waals surface area (Å²) >= 11 is 0. The van der Waals surface area contributed by atoms with Crippen molar-refractivity contribution in [3.8, 4) is 5.75 Å². The van der Waals surface area contributed by atoms with Gasteiger partial charge in [0.15, 0.2) is 5.58 Å². The first kappa shape index (κ1) is 18.6. The lowest BCUT2D eigenvalue weighted by atomic mass is 9.95. The van der Waals surface area contributed by atoms with Crippen LogP contribution in [-0.4, -0.2) is 24.7 Å². The number of likely N-dealkylation sites (N-methyl/N-ethyl adjacent to an activating group) is 1. The van der Waals surface area contributed by atoms with E-state index < -0.39 is 17.7 Å². The summed E-state index contributed by atoms with van der Waals surface area (Å²) in [7, 11) is 1.49. The van der Waals surface area contributed by atoms with Crippen LogP contribution in [0.25, 0.3) is 16.7 Å². The first-order chi connectivity index (χ1) is 12.9. The third-order valence-electron chi connectivity index (χ3n) is 5.38. The number of furan rings is 1. The molecule has 15 N–H and O–H groups in total. The number of nitrogen functional groups attached to an aromatic ring is 2. The highest BCUT2D eigenvalue weighted by atomic mass is 16.9. The van der Waals surface area contributed by atoms with Crippen LogP contribution in [0, 0.1) is 13.8 Å². The average Bonchev–Trinajstić information content (AvgIpc) is 3.02. The molecule has 0 saturated carbocycles. The summed E-state index contributed by atoms with van der Waals surface area (Å²) in [6.07, 6.45) is 0. The molecular formula is C16H24N8O4. The lowest BCUT2D eigenvalue weighted by Gasteiger charge is -2.35. The number of ether oxygens (including phenoxy) is 3. The van der Waals surface area contributed by atoms with Crippen molar-refractivity contribution in [2.45, 2.75) is 31.5 Å². The van der Waals surface area contributed by atoms with Gasteiger partial charge in [-0.2, -0.15) is 0 Å². The molecule has 1 aromatic carbocycles. The minimum atomic E-state index is -2.05. The maximum atomic E-state index is 6.34. The molecule has 1 fully saturated rings. The SMILES string of the molecule is CNC1(N)OC2(Oc3c(C)c(C)c4c(N)c(N)oc4c3C(N)=C2N)OC1(N)N. The largest absolute Gasteiger partial charge is 0.438 e. The van der Waals surface area contributed by atoms with Crippen molar-refractivity contribution in [2.75, 3.05) is 18.5 Å². The van der Waals surface area contributed by atoms with E-state index in [1.807, 2.05) is 6.92 Å². The van der Waals surface area contributed by atoms with Crippen molar-refractivity contribution in [3.05, 3.63) is 22.4 Å². The number of anilines is 2. The Labute approximate surface area is 159 Å². The molecule has 0 aliphatic carbocycles. The quantitative estimate of drug-likeness (QED) is 0.253. The highest BCUT2D eigenvalue weighted by molar-refractivity contribution is 6.05. The number of hydrogen-bond acceptors (Lipinski definition) is 12. The van der Waals surface area contributed by atoms with E-state index in [4.69, 9.17) is 58.8 Å². The third kappa shape index (κ3) is 1.98. The van der Waals surface area contributed by atoms with Gasteiger partial charge >= 0.3 is 5.97 Å². The van der Waals surface area contributed by atoms with E-state index in [2.05, 4.69) is 5.32 Å². The zero-order valence-electron chi connectivity index (χ0n) is 15.7. The van der Waals surface area contributed by atoms with Crippen LogP contribution >= 0.6 is 0 Å². The highest BCUT2D eigenvalue weighted by Crippen LogP contribution is 2.51. The van der Waals surface area contributed by atoms with Gasteiger partial charge in [-0.05, 0) is 32.0 Å². The lowest BCUT2D eigenvalue weighted by Crippen LogP contribution is -2.75. The zero-order valence-corrected chi connectivity index (χ0v) is 15.7. The maximum absolute atomic E-state index is 6.34.